The van der Waals surface area contributed by atoms with E-state index in [9.17, 15) is 22.9 Å². The van der Waals surface area contributed by atoms with E-state index >= 15 is 0 Å². The Hall–Kier alpha value is -3.31. The summed E-state index contributed by atoms with van der Waals surface area (Å²) in [5, 5.41) is 6.81. The van der Waals surface area contributed by atoms with Gasteiger partial charge < -0.3 is 10.2 Å². The van der Waals surface area contributed by atoms with Crippen molar-refractivity contribution in [1.29, 1.82) is 0 Å². The molecule has 5 rings (SSSR count). The van der Waals surface area contributed by atoms with Gasteiger partial charge in [0.15, 0.2) is 0 Å². The molecule has 0 radical (unpaired) electrons. The minimum Gasteiger partial charge on any atom is -0.353 e. The van der Waals surface area contributed by atoms with Crippen molar-refractivity contribution >= 4 is 45.0 Å². The quantitative estimate of drug-likeness (QED) is 0.287. The summed E-state index contributed by atoms with van der Waals surface area (Å²) in [6.07, 6.45) is 3.73. The summed E-state index contributed by atoms with van der Waals surface area (Å²) in [4.78, 5) is 42.0. The molecule has 226 valence electrons. The summed E-state index contributed by atoms with van der Waals surface area (Å²) in [7, 11) is -3.60. The lowest BCUT2D eigenvalue weighted by Crippen LogP contribution is -2.59. The fourth-order valence-electron chi connectivity index (χ4n) is 6.33. The van der Waals surface area contributed by atoms with Gasteiger partial charge in [0.1, 0.15) is 6.04 Å². The topological polar surface area (TPSA) is 125 Å². The number of carbonyl (C=O) groups excluding carboxylic acids is 2. The van der Waals surface area contributed by atoms with Crippen molar-refractivity contribution in [2.45, 2.75) is 55.8 Å². The van der Waals surface area contributed by atoms with Crippen molar-refractivity contribution in [3.8, 4) is 0 Å². The molecule has 0 saturated heterocycles. The molecular weight excluding hydrogens is 611 g/mol. The first-order valence-electron chi connectivity index (χ1n) is 14.1. The zero-order valence-corrected chi connectivity index (χ0v) is 25.8. The van der Waals surface area contributed by atoms with Crippen molar-refractivity contribution in [1.82, 2.24) is 14.9 Å². The number of fused-ring (bicyclic) bond motifs is 1. The van der Waals surface area contributed by atoms with Crippen LogP contribution in [-0.2, 0) is 14.8 Å². The summed E-state index contributed by atoms with van der Waals surface area (Å²) < 4.78 is 27.5. The number of nitrogens with one attached hydrogen (secondary N) is 2. The van der Waals surface area contributed by atoms with E-state index in [0.29, 0.717) is 40.1 Å². The van der Waals surface area contributed by atoms with Gasteiger partial charge in [-0.2, -0.15) is 4.91 Å². The van der Waals surface area contributed by atoms with E-state index in [2.05, 4.69) is 15.2 Å². The second-order valence-electron chi connectivity index (χ2n) is 11.0. The molecule has 0 aromatic heterocycles. The number of halogens is 2. The molecule has 43 heavy (non-hydrogen) atoms. The van der Waals surface area contributed by atoms with Gasteiger partial charge >= 0.3 is 0 Å². The van der Waals surface area contributed by atoms with Crippen LogP contribution in [0.2, 0.25) is 10.0 Å². The minimum atomic E-state index is -3.60. The zero-order valence-electron chi connectivity index (χ0n) is 23.5. The molecule has 5 atom stereocenters. The highest BCUT2D eigenvalue weighted by Gasteiger charge is 2.49. The Kier molecular flexibility index (Phi) is 9.51. The maximum Gasteiger partial charge on any atom is 0.255 e. The predicted octanol–water partition coefficient (Wildman–Crippen LogP) is 5.76. The van der Waals surface area contributed by atoms with Crippen LogP contribution < -0.4 is 10.0 Å². The number of nitrogens with zero attached hydrogens (tertiary/aromatic N) is 2. The molecule has 1 heterocycles. The van der Waals surface area contributed by atoms with Crippen LogP contribution in [0.3, 0.4) is 0 Å². The lowest BCUT2D eigenvalue weighted by Gasteiger charge is -2.49. The van der Waals surface area contributed by atoms with E-state index < -0.39 is 46.0 Å². The minimum absolute atomic E-state index is 0.0539. The third kappa shape index (κ3) is 6.77. The second-order valence-corrected chi connectivity index (χ2v) is 13.6. The van der Waals surface area contributed by atoms with Crippen LogP contribution in [0, 0.1) is 4.91 Å². The average molecular weight is 644 g/mol. The van der Waals surface area contributed by atoms with E-state index in [1.54, 1.807) is 71.6 Å². The smallest absolute Gasteiger partial charge is 0.255 e. The van der Waals surface area contributed by atoms with E-state index in [0.717, 1.165) is 19.1 Å². The van der Waals surface area contributed by atoms with Gasteiger partial charge in [0.25, 0.3) is 5.91 Å². The molecule has 1 aliphatic carbocycles. The van der Waals surface area contributed by atoms with Crippen LogP contribution in [0.25, 0.3) is 0 Å². The second kappa shape index (κ2) is 13.1. The summed E-state index contributed by atoms with van der Waals surface area (Å²) >= 11 is 13.0. The largest absolute Gasteiger partial charge is 0.353 e. The van der Waals surface area contributed by atoms with Gasteiger partial charge in [0.05, 0.1) is 18.2 Å². The normalized spacial score (nSPS) is 22.9. The van der Waals surface area contributed by atoms with Crippen molar-refractivity contribution < 1.29 is 18.0 Å². The van der Waals surface area contributed by atoms with Crippen molar-refractivity contribution in [3.63, 3.8) is 0 Å². The van der Waals surface area contributed by atoms with Gasteiger partial charge in [0.2, 0.25) is 15.9 Å². The lowest BCUT2D eigenvalue weighted by atomic mass is 9.76. The standard InChI is InChI=1S/C31H32Cl2N4O5S/c1-43(41,42)36-25-13-7-8-14-27(25)37-29(23-16-15-20(32)17-24(23)33)28(21-11-5-6-12-22(21)31(37)39)30(38)34-18-26(35-40)19-9-3-2-4-10-19/h2-6,9-12,15-17,25-29,36H,7-8,13-14,18H2,1H3,(H,34,38)/t25-,26?,27-,28+,29-/m0/s1. The fraction of sp³-hybridized carbons (Fsp3) is 0.355. The third-order valence-corrected chi connectivity index (χ3v) is 9.47. The average Bonchev–Trinajstić information content (AvgIpc) is 2.98. The molecule has 3 aromatic carbocycles. The Morgan fingerprint density at radius 3 is 2.40 bits per heavy atom. The molecule has 3 aromatic rings. The molecule has 2 amide bonds. The van der Waals surface area contributed by atoms with Crippen LogP contribution >= 0.6 is 23.2 Å². The number of sulfonamides is 1. The van der Waals surface area contributed by atoms with Crippen LogP contribution in [0.5, 0.6) is 0 Å². The van der Waals surface area contributed by atoms with E-state index in [4.69, 9.17) is 23.2 Å². The third-order valence-electron chi connectivity index (χ3n) is 8.17. The van der Waals surface area contributed by atoms with Crippen molar-refractivity contribution in [3.05, 3.63) is 110 Å². The number of amides is 2. The molecule has 1 unspecified atom stereocenters. The van der Waals surface area contributed by atoms with Crippen molar-refractivity contribution in [2.24, 2.45) is 5.18 Å². The number of carbonyl (C=O) groups is 2. The highest BCUT2D eigenvalue weighted by Crippen LogP contribution is 2.48. The summed E-state index contributed by atoms with van der Waals surface area (Å²) in [5.74, 6) is -1.68. The zero-order chi connectivity index (χ0) is 30.7. The van der Waals surface area contributed by atoms with Gasteiger partial charge in [-0.1, -0.05) is 95.8 Å². The van der Waals surface area contributed by atoms with Crippen LogP contribution in [0.4, 0.5) is 0 Å². The van der Waals surface area contributed by atoms with Crippen LogP contribution in [0.1, 0.15) is 70.7 Å². The molecule has 2 N–H and O–H groups in total. The fourth-order valence-corrected chi connectivity index (χ4v) is 7.67. The van der Waals surface area contributed by atoms with Gasteiger partial charge in [-0.05, 0) is 47.7 Å². The van der Waals surface area contributed by atoms with Gasteiger partial charge in [-0.3, -0.25) is 9.59 Å². The summed E-state index contributed by atoms with van der Waals surface area (Å²) in [5.41, 5.74) is 2.02. The van der Waals surface area contributed by atoms with Gasteiger partial charge in [-0.15, -0.1) is 0 Å². The SMILES string of the molecule is CS(=O)(=O)N[C@H]1CCCC[C@@H]1N1C(=O)c2ccccc2[C@@H](C(=O)NCC(N=O)c2ccccc2)[C@@H]1c1ccc(Cl)cc1Cl. The number of benzene rings is 3. The Morgan fingerprint density at radius 2 is 1.70 bits per heavy atom. The van der Waals surface area contributed by atoms with E-state index in [1.807, 2.05) is 6.07 Å². The molecule has 1 fully saturated rings. The monoisotopic (exact) mass is 642 g/mol. The maximum absolute atomic E-state index is 14.3. The maximum atomic E-state index is 14.3. The van der Waals surface area contributed by atoms with Crippen molar-refractivity contribution in [2.75, 3.05) is 12.8 Å². The summed E-state index contributed by atoms with van der Waals surface area (Å²) in [6.45, 7) is -0.0539. The molecule has 2 aliphatic rings. The highest BCUT2D eigenvalue weighted by atomic mass is 35.5. The first-order chi connectivity index (χ1) is 20.6. The molecule has 0 spiro atoms. The number of hydrogen-bond donors (Lipinski definition) is 2. The number of rotatable bonds is 9. The Labute approximate surface area is 261 Å². The molecule has 1 aliphatic heterocycles. The molecule has 9 nitrogen and oxygen atoms in total. The Bertz CT molecular complexity index is 1620. The molecule has 0 bridgehead atoms. The van der Waals surface area contributed by atoms with E-state index in [-0.39, 0.29) is 17.5 Å². The molecule has 12 heteroatoms. The van der Waals surface area contributed by atoms with Crippen LogP contribution in [-0.4, -0.2) is 50.0 Å². The Balaban J connectivity index is 1.62. The lowest BCUT2D eigenvalue weighted by molar-refractivity contribution is -0.124. The first kappa shape index (κ1) is 31.1. The van der Waals surface area contributed by atoms with Crippen LogP contribution in [0.15, 0.2) is 78.0 Å². The first-order valence-corrected chi connectivity index (χ1v) is 16.7. The number of nitroso groups, excluding NO2 is 1. The predicted molar refractivity (Wildman–Crippen MR) is 167 cm³/mol. The van der Waals surface area contributed by atoms with Gasteiger partial charge in [0, 0.05) is 34.2 Å². The Morgan fingerprint density at radius 1 is 1.00 bits per heavy atom. The van der Waals surface area contributed by atoms with E-state index in [1.165, 1.54) is 0 Å². The molecule has 1 saturated carbocycles. The number of hydrogen-bond acceptors (Lipinski definition) is 6. The molecular formula is C31H32Cl2N4O5S. The summed E-state index contributed by atoms with van der Waals surface area (Å²) in [6, 6.07) is 17.9. The van der Waals surface area contributed by atoms with Gasteiger partial charge in [-0.25, -0.2) is 13.1 Å². The highest BCUT2D eigenvalue weighted by molar-refractivity contribution is 7.88.